The molecule has 0 atom stereocenters. The van der Waals surface area contributed by atoms with E-state index in [2.05, 4.69) is 41.4 Å². The van der Waals surface area contributed by atoms with E-state index in [0.717, 1.165) is 25.9 Å². The van der Waals surface area contributed by atoms with Crippen LogP contribution in [0.2, 0.25) is 0 Å². The lowest BCUT2D eigenvalue weighted by molar-refractivity contribution is 0.182. The van der Waals surface area contributed by atoms with Gasteiger partial charge < -0.3 is 15.1 Å². The zero-order valence-corrected chi connectivity index (χ0v) is 12.0. The molecule has 0 bridgehead atoms. The molecule has 19 heavy (non-hydrogen) atoms. The van der Waals surface area contributed by atoms with Crippen molar-refractivity contribution in [1.29, 1.82) is 0 Å². The predicted molar refractivity (Wildman–Crippen MR) is 78.6 cm³/mol. The van der Waals surface area contributed by atoms with E-state index < -0.39 is 0 Å². The molecule has 1 heterocycles. The summed E-state index contributed by atoms with van der Waals surface area (Å²) in [5, 5.41) is 2.68. The zero-order valence-electron chi connectivity index (χ0n) is 12.0. The molecule has 1 fully saturated rings. The summed E-state index contributed by atoms with van der Waals surface area (Å²) in [6.07, 6.45) is 2.05. The number of carbonyl (C=O) groups excluding carboxylic acids is 1. The van der Waals surface area contributed by atoms with E-state index in [4.69, 9.17) is 0 Å². The fourth-order valence-electron chi connectivity index (χ4n) is 2.61. The van der Waals surface area contributed by atoms with Crippen molar-refractivity contribution in [3.63, 3.8) is 0 Å². The van der Waals surface area contributed by atoms with Gasteiger partial charge in [0.2, 0.25) is 0 Å². The molecule has 1 saturated heterocycles. The Balaban J connectivity index is 1.92. The summed E-state index contributed by atoms with van der Waals surface area (Å²) in [7, 11) is 3.56. The summed E-state index contributed by atoms with van der Waals surface area (Å²) >= 11 is 0. The van der Waals surface area contributed by atoms with Crippen LogP contribution < -0.4 is 10.2 Å². The molecule has 104 valence electrons. The van der Waals surface area contributed by atoms with Crippen LogP contribution >= 0.6 is 0 Å². The van der Waals surface area contributed by atoms with Crippen molar-refractivity contribution in [2.45, 2.75) is 25.8 Å². The Morgan fingerprint density at radius 1 is 1.26 bits per heavy atom. The summed E-state index contributed by atoms with van der Waals surface area (Å²) in [5.74, 6) is 0. The van der Waals surface area contributed by atoms with Crippen molar-refractivity contribution in [1.82, 2.24) is 10.2 Å². The van der Waals surface area contributed by atoms with E-state index in [0.29, 0.717) is 6.04 Å². The van der Waals surface area contributed by atoms with Crippen LogP contribution in [0.1, 0.15) is 18.4 Å². The number of anilines is 1. The Morgan fingerprint density at radius 2 is 1.84 bits per heavy atom. The lowest BCUT2D eigenvalue weighted by Gasteiger charge is -2.37. The average Bonchev–Trinajstić information content (AvgIpc) is 2.46. The van der Waals surface area contributed by atoms with Crippen molar-refractivity contribution in [2.75, 3.05) is 32.1 Å². The molecule has 1 aromatic carbocycles. The SMILES string of the molecule is CNC(=O)N(C)C1CCN(c2ccc(C)cc2)CC1. The molecule has 0 aliphatic carbocycles. The predicted octanol–water partition coefficient (Wildman–Crippen LogP) is 2.24. The van der Waals surface area contributed by atoms with E-state index in [9.17, 15) is 4.79 Å². The highest BCUT2D eigenvalue weighted by Crippen LogP contribution is 2.22. The van der Waals surface area contributed by atoms with Crippen LogP contribution in [-0.2, 0) is 0 Å². The molecule has 1 aliphatic heterocycles. The lowest BCUT2D eigenvalue weighted by Crippen LogP contribution is -2.48. The van der Waals surface area contributed by atoms with Gasteiger partial charge in [-0.25, -0.2) is 4.79 Å². The van der Waals surface area contributed by atoms with E-state index in [1.54, 1.807) is 7.05 Å². The van der Waals surface area contributed by atoms with E-state index in [1.807, 2.05) is 11.9 Å². The number of piperidine rings is 1. The van der Waals surface area contributed by atoms with Crippen molar-refractivity contribution in [3.8, 4) is 0 Å². The Hall–Kier alpha value is -1.71. The monoisotopic (exact) mass is 261 g/mol. The molecule has 0 spiro atoms. The maximum atomic E-state index is 11.6. The molecule has 1 N–H and O–H groups in total. The van der Waals surface area contributed by atoms with Gasteiger partial charge in [0.05, 0.1) is 0 Å². The van der Waals surface area contributed by atoms with E-state index in [1.165, 1.54) is 11.3 Å². The summed E-state index contributed by atoms with van der Waals surface area (Å²) in [6.45, 7) is 4.12. The van der Waals surface area contributed by atoms with Crippen LogP contribution in [0, 0.1) is 6.92 Å². The van der Waals surface area contributed by atoms with E-state index in [-0.39, 0.29) is 6.03 Å². The molecule has 0 saturated carbocycles. The van der Waals surface area contributed by atoms with Gasteiger partial charge in [-0.05, 0) is 31.9 Å². The van der Waals surface area contributed by atoms with Crippen LogP contribution in [-0.4, -0.2) is 44.2 Å². The maximum Gasteiger partial charge on any atom is 0.317 e. The van der Waals surface area contributed by atoms with Crippen LogP contribution in [0.5, 0.6) is 0 Å². The second-order valence-corrected chi connectivity index (χ2v) is 5.22. The largest absolute Gasteiger partial charge is 0.371 e. The van der Waals surface area contributed by atoms with Crippen LogP contribution in [0.15, 0.2) is 24.3 Å². The van der Waals surface area contributed by atoms with Crippen molar-refractivity contribution in [3.05, 3.63) is 29.8 Å². The number of rotatable bonds is 2. The molecule has 0 unspecified atom stereocenters. The molecule has 4 nitrogen and oxygen atoms in total. The van der Waals surface area contributed by atoms with Crippen LogP contribution in [0.25, 0.3) is 0 Å². The van der Waals surface area contributed by atoms with Crippen LogP contribution in [0.3, 0.4) is 0 Å². The molecule has 4 heteroatoms. The summed E-state index contributed by atoms with van der Waals surface area (Å²) in [6, 6.07) is 9.02. The molecular weight excluding hydrogens is 238 g/mol. The first-order valence-corrected chi connectivity index (χ1v) is 6.88. The molecule has 1 aromatic rings. The van der Waals surface area contributed by atoms with Gasteiger partial charge in [-0.1, -0.05) is 17.7 Å². The maximum absolute atomic E-state index is 11.6. The van der Waals surface area contributed by atoms with Crippen molar-refractivity contribution >= 4 is 11.7 Å². The molecule has 0 aromatic heterocycles. The third-order valence-electron chi connectivity index (χ3n) is 3.95. The minimum absolute atomic E-state index is 0.00814. The minimum atomic E-state index is 0.00814. The van der Waals surface area contributed by atoms with E-state index >= 15 is 0 Å². The van der Waals surface area contributed by atoms with Gasteiger partial charge in [-0.2, -0.15) is 0 Å². The fourth-order valence-corrected chi connectivity index (χ4v) is 2.61. The third-order valence-corrected chi connectivity index (χ3v) is 3.95. The average molecular weight is 261 g/mol. The number of nitrogens with one attached hydrogen (secondary N) is 1. The number of aryl methyl sites for hydroxylation is 1. The first-order chi connectivity index (χ1) is 9.11. The van der Waals surface area contributed by atoms with Gasteiger partial charge in [-0.15, -0.1) is 0 Å². The highest BCUT2D eigenvalue weighted by atomic mass is 16.2. The first kappa shape index (κ1) is 13.7. The Morgan fingerprint density at radius 3 is 2.37 bits per heavy atom. The third kappa shape index (κ3) is 3.19. The minimum Gasteiger partial charge on any atom is -0.371 e. The van der Waals surface area contributed by atoms with Gasteiger partial charge in [0.1, 0.15) is 0 Å². The number of urea groups is 1. The lowest BCUT2D eigenvalue weighted by atomic mass is 10.0. The number of hydrogen-bond donors (Lipinski definition) is 1. The number of nitrogens with zero attached hydrogens (tertiary/aromatic N) is 2. The van der Waals surface area contributed by atoms with Crippen molar-refractivity contribution < 1.29 is 4.79 Å². The number of amides is 2. The molecule has 0 radical (unpaired) electrons. The van der Waals surface area contributed by atoms with Gasteiger partial charge in [0.25, 0.3) is 0 Å². The quantitative estimate of drug-likeness (QED) is 0.886. The molecule has 2 amide bonds. The zero-order chi connectivity index (χ0) is 13.8. The summed E-state index contributed by atoms with van der Waals surface area (Å²) in [4.78, 5) is 15.8. The second-order valence-electron chi connectivity index (χ2n) is 5.22. The Labute approximate surface area is 115 Å². The topological polar surface area (TPSA) is 35.6 Å². The van der Waals surface area contributed by atoms with Crippen molar-refractivity contribution in [2.24, 2.45) is 0 Å². The molecule has 1 aliphatic rings. The van der Waals surface area contributed by atoms with Gasteiger partial charge >= 0.3 is 6.03 Å². The Bertz CT molecular complexity index is 422. The molecular formula is C15H23N3O. The van der Waals surface area contributed by atoms with Crippen LogP contribution in [0.4, 0.5) is 10.5 Å². The van der Waals surface area contributed by atoms with Gasteiger partial charge in [-0.3, -0.25) is 0 Å². The number of benzene rings is 1. The molecule has 2 rings (SSSR count). The number of hydrogen-bond acceptors (Lipinski definition) is 2. The standard InChI is InChI=1S/C15H23N3O/c1-12-4-6-14(7-5-12)18-10-8-13(9-11-18)17(3)15(19)16-2/h4-7,13H,8-11H2,1-3H3,(H,16,19). The second kappa shape index (κ2) is 5.95. The first-order valence-electron chi connectivity index (χ1n) is 6.88. The summed E-state index contributed by atoms with van der Waals surface area (Å²) in [5.41, 5.74) is 2.57. The van der Waals surface area contributed by atoms with Gasteiger partial charge in [0, 0.05) is 38.9 Å². The normalized spacial score (nSPS) is 16.3. The van der Waals surface area contributed by atoms with Gasteiger partial charge in [0.15, 0.2) is 0 Å². The highest BCUT2D eigenvalue weighted by Gasteiger charge is 2.24. The fraction of sp³-hybridized carbons (Fsp3) is 0.533. The highest BCUT2D eigenvalue weighted by molar-refractivity contribution is 5.73. The Kier molecular flexibility index (Phi) is 4.30. The smallest absolute Gasteiger partial charge is 0.317 e. The number of carbonyl (C=O) groups is 1. The summed E-state index contributed by atoms with van der Waals surface area (Å²) < 4.78 is 0.